The number of fused-ring (bicyclic) bond motifs is 2. The Hall–Kier alpha value is -4.55. The van der Waals surface area contributed by atoms with Crippen molar-refractivity contribution in [2.45, 2.75) is 23.1 Å². The molecule has 1 fully saturated rings. The number of aromatic amines is 1. The van der Waals surface area contributed by atoms with Crippen LogP contribution in [0.4, 0.5) is 11.4 Å². The second-order valence-corrected chi connectivity index (χ2v) is 12.2. The van der Waals surface area contributed by atoms with Crippen molar-refractivity contribution in [2.75, 3.05) is 31.0 Å². The molecule has 0 saturated carbocycles. The maximum absolute atomic E-state index is 14.0. The van der Waals surface area contributed by atoms with Crippen molar-refractivity contribution in [1.29, 1.82) is 0 Å². The number of thioether (sulfide) groups is 1. The van der Waals surface area contributed by atoms with Gasteiger partial charge in [-0.15, -0.1) is 0 Å². The van der Waals surface area contributed by atoms with Gasteiger partial charge in [0.15, 0.2) is 18.1 Å². The molecule has 220 valence electrons. The molecule has 12 heteroatoms. The van der Waals surface area contributed by atoms with Gasteiger partial charge in [-0.1, -0.05) is 41.3 Å². The number of carbonyl (C=O) groups is 3. The van der Waals surface area contributed by atoms with Crippen LogP contribution in [0.3, 0.4) is 0 Å². The number of methoxy groups -OCH3 is 2. The lowest BCUT2D eigenvalue weighted by molar-refractivity contribution is -0.122. The van der Waals surface area contributed by atoms with Crippen LogP contribution in [-0.4, -0.2) is 48.8 Å². The summed E-state index contributed by atoms with van der Waals surface area (Å²) in [5.41, 5.74) is 2.82. The minimum Gasteiger partial charge on any atom is -0.497 e. The zero-order valence-electron chi connectivity index (χ0n) is 23.4. The molecule has 3 aromatic carbocycles. The number of imide groups is 1. The van der Waals surface area contributed by atoms with E-state index in [4.69, 9.17) is 14.2 Å². The Morgan fingerprint density at radius 1 is 0.953 bits per heavy atom. The molecular weight excluding hydrogens is 590 g/mol. The lowest BCUT2D eigenvalue weighted by Gasteiger charge is -2.30. The molecule has 0 spiro atoms. The molecule has 4 aromatic rings. The predicted octanol–water partition coefficient (Wildman–Crippen LogP) is 4.58. The minimum absolute atomic E-state index is 0.248. The standard InChI is InChI=1S/C31H27N3O7S2/c1-16-5-4-6-18(13-16)32-23(35)15-41-21-12-7-17(14-22(21)40-3)24-25-27(42-28-26(24)43-31(38)33-28)30(37)34(29(25)36)19-8-10-20(39-2)11-9-19/h4-14,24-25,27H,15H2,1-3H3,(H,32,35)(H,33,38). The molecule has 10 nitrogen and oxygen atoms in total. The Balaban J connectivity index is 1.29. The van der Waals surface area contributed by atoms with Gasteiger partial charge in [0, 0.05) is 16.5 Å². The summed E-state index contributed by atoms with van der Waals surface area (Å²) in [7, 11) is 3.02. The number of nitrogens with one attached hydrogen (secondary N) is 2. The maximum Gasteiger partial charge on any atom is 0.305 e. The van der Waals surface area contributed by atoms with Crippen molar-refractivity contribution in [1.82, 2.24) is 4.98 Å². The Kier molecular flexibility index (Phi) is 7.72. The molecule has 3 atom stereocenters. The van der Waals surface area contributed by atoms with Gasteiger partial charge in [-0.3, -0.25) is 19.2 Å². The summed E-state index contributed by atoms with van der Waals surface area (Å²) >= 11 is 2.23. The largest absolute Gasteiger partial charge is 0.497 e. The van der Waals surface area contributed by atoms with E-state index in [1.807, 2.05) is 25.1 Å². The van der Waals surface area contributed by atoms with Crippen molar-refractivity contribution in [3.05, 3.63) is 92.4 Å². The molecule has 0 aliphatic carbocycles. The van der Waals surface area contributed by atoms with Crippen LogP contribution in [0.15, 0.2) is 76.6 Å². The average molecular weight is 618 g/mol. The summed E-state index contributed by atoms with van der Waals surface area (Å²) in [4.78, 5) is 57.0. The van der Waals surface area contributed by atoms with Crippen LogP contribution in [0.1, 0.15) is 21.9 Å². The third kappa shape index (κ3) is 5.39. The fourth-order valence-corrected chi connectivity index (χ4v) is 7.94. The highest BCUT2D eigenvalue weighted by Gasteiger charge is 2.56. The van der Waals surface area contributed by atoms with Gasteiger partial charge >= 0.3 is 4.87 Å². The normalized spacial score (nSPS) is 19.0. The molecule has 6 rings (SSSR count). The SMILES string of the molecule is COc1ccc(N2C(=O)C3Sc4[nH]c(=O)sc4C(c4ccc(OCC(=O)Nc5cccc(C)c5)c(OC)c4)C3C2=O)cc1. The molecule has 3 amide bonds. The van der Waals surface area contributed by atoms with Crippen molar-refractivity contribution in [3.63, 3.8) is 0 Å². The first-order valence-electron chi connectivity index (χ1n) is 13.4. The summed E-state index contributed by atoms with van der Waals surface area (Å²) in [6.07, 6.45) is 0. The lowest BCUT2D eigenvalue weighted by Crippen LogP contribution is -2.32. The number of hydrogen-bond acceptors (Lipinski definition) is 9. The Morgan fingerprint density at radius 2 is 1.74 bits per heavy atom. The first kappa shape index (κ1) is 28.6. The highest BCUT2D eigenvalue weighted by atomic mass is 32.2. The van der Waals surface area contributed by atoms with Crippen LogP contribution in [0.2, 0.25) is 0 Å². The van der Waals surface area contributed by atoms with Gasteiger partial charge in [0.2, 0.25) is 11.8 Å². The van der Waals surface area contributed by atoms with Crippen molar-refractivity contribution >= 4 is 52.2 Å². The van der Waals surface area contributed by atoms with Gasteiger partial charge in [0.05, 0.1) is 30.9 Å². The fourth-order valence-electron chi connectivity index (χ4n) is 5.42. The molecule has 0 radical (unpaired) electrons. The van der Waals surface area contributed by atoms with Gasteiger partial charge in [-0.05, 0) is 66.6 Å². The molecule has 1 saturated heterocycles. The second-order valence-electron chi connectivity index (χ2n) is 10.1. The highest BCUT2D eigenvalue weighted by Crippen LogP contribution is 2.53. The van der Waals surface area contributed by atoms with E-state index >= 15 is 0 Å². The number of aromatic nitrogens is 1. The summed E-state index contributed by atoms with van der Waals surface area (Å²) in [6, 6.07) is 19.4. The van der Waals surface area contributed by atoms with Crippen LogP contribution in [0, 0.1) is 12.8 Å². The van der Waals surface area contributed by atoms with Crippen molar-refractivity contribution in [2.24, 2.45) is 5.92 Å². The van der Waals surface area contributed by atoms with E-state index < -0.39 is 17.1 Å². The number of rotatable bonds is 8. The number of anilines is 2. The zero-order valence-corrected chi connectivity index (χ0v) is 25.0. The van der Waals surface area contributed by atoms with Gasteiger partial charge in [-0.25, -0.2) is 4.90 Å². The number of thiazole rings is 1. The van der Waals surface area contributed by atoms with Crippen LogP contribution in [-0.2, 0) is 14.4 Å². The monoisotopic (exact) mass is 617 g/mol. The third-order valence-corrected chi connectivity index (χ3v) is 9.76. The highest BCUT2D eigenvalue weighted by molar-refractivity contribution is 8.00. The van der Waals surface area contributed by atoms with Gasteiger partial charge in [0.1, 0.15) is 11.0 Å². The molecule has 0 bridgehead atoms. The molecule has 1 aromatic heterocycles. The Bertz CT molecular complexity index is 1780. The molecule has 2 N–H and O–H groups in total. The van der Waals surface area contributed by atoms with E-state index in [0.29, 0.717) is 44.1 Å². The van der Waals surface area contributed by atoms with E-state index in [9.17, 15) is 19.2 Å². The van der Waals surface area contributed by atoms with E-state index in [1.165, 1.54) is 23.8 Å². The predicted molar refractivity (Wildman–Crippen MR) is 164 cm³/mol. The number of aryl methyl sites for hydroxylation is 1. The third-order valence-electron chi connectivity index (χ3n) is 7.36. The average Bonchev–Trinajstić information content (AvgIpc) is 3.50. The van der Waals surface area contributed by atoms with Gasteiger partial charge < -0.3 is 24.5 Å². The maximum atomic E-state index is 14.0. The van der Waals surface area contributed by atoms with Gasteiger partial charge in [-0.2, -0.15) is 0 Å². The second kappa shape index (κ2) is 11.6. The summed E-state index contributed by atoms with van der Waals surface area (Å²) < 4.78 is 16.6. The Labute approximate surface area is 255 Å². The van der Waals surface area contributed by atoms with Crippen molar-refractivity contribution < 1.29 is 28.6 Å². The quantitative estimate of drug-likeness (QED) is 0.275. The first-order valence-corrected chi connectivity index (χ1v) is 15.1. The number of H-pyrrole nitrogens is 1. The van der Waals surface area contributed by atoms with Crippen LogP contribution < -0.4 is 29.3 Å². The molecule has 3 unspecified atom stereocenters. The topological polar surface area (TPSA) is 127 Å². The van der Waals surface area contributed by atoms with E-state index in [2.05, 4.69) is 10.3 Å². The minimum atomic E-state index is -0.755. The van der Waals surface area contributed by atoms with Crippen LogP contribution in [0.25, 0.3) is 0 Å². The van der Waals surface area contributed by atoms with E-state index in [1.54, 1.807) is 55.6 Å². The van der Waals surface area contributed by atoms with E-state index in [-0.39, 0.29) is 29.2 Å². The number of benzene rings is 3. The molecule has 2 aliphatic rings. The van der Waals surface area contributed by atoms with E-state index in [0.717, 1.165) is 16.9 Å². The summed E-state index contributed by atoms with van der Waals surface area (Å²) in [6.45, 7) is 1.69. The summed E-state index contributed by atoms with van der Waals surface area (Å²) in [5.74, 6) is -1.08. The lowest BCUT2D eigenvalue weighted by atomic mass is 9.83. The number of hydrogen-bond donors (Lipinski definition) is 2. The first-order chi connectivity index (χ1) is 20.8. The van der Waals surface area contributed by atoms with Crippen LogP contribution >= 0.6 is 23.1 Å². The van der Waals surface area contributed by atoms with Crippen molar-refractivity contribution in [3.8, 4) is 17.2 Å². The summed E-state index contributed by atoms with van der Waals surface area (Å²) in [5, 5.41) is 2.65. The zero-order chi connectivity index (χ0) is 30.2. The molecule has 43 heavy (non-hydrogen) atoms. The van der Waals surface area contributed by atoms with Gasteiger partial charge in [0.25, 0.3) is 5.91 Å². The molecule has 2 aliphatic heterocycles. The number of nitrogens with zero attached hydrogens (tertiary/aromatic N) is 1. The molecular formula is C31H27N3O7S2. The number of ether oxygens (including phenoxy) is 3. The smallest absolute Gasteiger partial charge is 0.305 e. The Morgan fingerprint density at radius 3 is 2.47 bits per heavy atom. The number of carbonyl (C=O) groups excluding carboxylic acids is 3. The molecule has 3 heterocycles. The van der Waals surface area contributed by atoms with Crippen LogP contribution in [0.5, 0.6) is 17.2 Å². The number of amides is 3. The fraction of sp³-hybridized carbons (Fsp3) is 0.226.